The minimum absolute atomic E-state index is 0.0507. The molecule has 94 valence electrons. The number of carbonyl (C=O) groups excluding carboxylic acids is 1. The summed E-state index contributed by atoms with van der Waals surface area (Å²) in [5.41, 5.74) is 5.64. The fourth-order valence-electron chi connectivity index (χ4n) is 2.29. The first-order valence-electron chi connectivity index (χ1n) is 6.08. The van der Waals surface area contributed by atoms with E-state index in [1.54, 1.807) is 7.11 Å². The maximum Gasteiger partial charge on any atom is 0.224 e. The second-order valence-corrected chi connectivity index (χ2v) is 4.85. The first-order chi connectivity index (χ1) is 7.54. The lowest BCUT2D eigenvalue weighted by Crippen LogP contribution is -2.42. The Morgan fingerprint density at radius 3 is 2.44 bits per heavy atom. The molecule has 1 unspecified atom stereocenters. The molecule has 0 aromatic rings. The van der Waals surface area contributed by atoms with E-state index in [0.717, 1.165) is 25.7 Å². The predicted molar refractivity (Wildman–Crippen MR) is 64.1 cm³/mol. The zero-order valence-electron chi connectivity index (χ0n) is 10.6. The van der Waals surface area contributed by atoms with E-state index in [9.17, 15) is 4.79 Å². The van der Waals surface area contributed by atoms with Crippen LogP contribution in [0.1, 0.15) is 39.0 Å². The lowest BCUT2D eigenvalue weighted by molar-refractivity contribution is -0.133. The highest BCUT2D eigenvalue weighted by Gasteiger charge is 2.26. The van der Waals surface area contributed by atoms with E-state index in [1.165, 1.54) is 0 Å². The molecule has 1 atom stereocenters. The first kappa shape index (κ1) is 13.5. The van der Waals surface area contributed by atoms with Gasteiger partial charge in [-0.05, 0) is 32.6 Å². The van der Waals surface area contributed by atoms with Crippen LogP contribution in [0.4, 0.5) is 0 Å². The van der Waals surface area contributed by atoms with Gasteiger partial charge in [0.2, 0.25) is 5.91 Å². The van der Waals surface area contributed by atoms with Gasteiger partial charge in [-0.1, -0.05) is 0 Å². The third-order valence-electron chi connectivity index (χ3n) is 3.41. The minimum Gasteiger partial charge on any atom is -0.381 e. The van der Waals surface area contributed by atoms with Gasteiger partial charge in [-0.25, -0.2) is 0 Å². The van der Waals surface area contributed by atoms with Crippen molar-refractivity contribution in [2.24, 2.45) is 5.73 Å². The van der Waals surface area contributed by atoms with Gasteiger partial charge in [-0.2, -0.15) is 0 Å². The number of hydrogen-bond donors (Lipinski definition) is 1. The van der Waals surface area contributed by atoms with Gasteiger partial charge >= 0.3 is 0 Å². The third-order valence-corrected chi connectivity index (χ3v) is 3.41. The van der Waals surface area contributed by atoms with Gasteiger partial charge < -0.3 is 15.4 Å². The van der Waals surface area contributed by atoms with E-state index in [-0.39, 0.29) is 11.9 Å². The third kappa shape index (κ3) is 3.76. The number of carbonyl (C=O) groups is 1. The van der Waals surface area contributed by atoms with Crippen molar-refractivity contribution in [2.75, 3.05) is 14.2 Å². The van der Waals surface area contributed by atoms with E-state index >= 15 is 0 Å². The van der Waals surface area contributed by atoms with Crippen molar-refractivity contribution in [1.82, 2.24) is 4.90 Å². The molecule has 2 N–H and O–H groups in total. The normalized spacial score (nSPS) is 27.5. The average molecular weight is 228 g/mol. The molecule has 0 saturated heterocycles. The van der Waals surface area contributed by atoms with Crippen LogP contribution in [0.3, 0.4) is 0 Å². The van der Waals surface area contributed by atoms with Crippen LogP contribution in [0.2, 0.25) is 0 Å². The molecule has 16 heavy (non-hydrogen) atoms. The van der Waals surface area contributed by atoms with Crippen molar-refractivity contribution in [3.05, 3.63) is 0 Å². The van der Waals surface area contributed by atoms with Crippen LogP contribution in [0.25, 0.3) is 0 Å². The zero-order valence-corrected chi connectivity index (χ0v) is 10.6. The molecule has 1 aliphatic carbocycles. The predicted octanol–water partition coefficient (Wildman–Crippen LogP) is 1.14. The first-order valence-corrected chi connectivity index (χ1v) is 6.08. The van der Waals surface area contributed by atoms with Gasteiger partial charge in [0.05, 0.1) is 6.10 Å². The van der Waals surface area contributed by atoms with Crippen LogP contribution in [-0.2, 0) is 9.53 Å². The van der Waals surface area contributed by atoms with Gasteiger partial charge in [0.25, 0.3) is 0 Å². The Bertz CT molecular complexity index is 223. The fraction of sp³-hybridized carbons (Fsp3) is 0.917. The summed E-state index contributed by atoms with van der Waals surface area (Å²) in [6.07, 6.45) is 5.02. The number of nitrogens with zero attached hydrogens (tertiary/aromatic N) is 1. The standard InChI is InChI=1S/C12H24N2O2/c1-9(13)8-12(15)14(2)10-4-6-11(16-3)7-5-10/h9-11H,4-8,13H2,1-3H3. The summed E-state index contributed by atoms with van der Waals surface area (Å²) < 4.78 is 5.32. The number of nitrogens with two attached hydrogens (primary N) is 1. The zero-order chi connectivity index (χ0) is 12.1. The Kier molecular flexibility index (Phi) is 5.22. The number of amides is 1. The van der Waals surface area contributed by atoms with Crippen molar-refractivity contribution in [3.8, 4) is 0 Å². The second-order valence-electron chi connectivity index (χ2n) is 4.85. The topological polar surface area (TPSA) is 55.6 Å². The lowest BCUT2D eigenvalue weighted by atomic mass is 9.92. The highest BCUT2D eigenvalue weighted by Crippen LogP contribution is 2.24. The molecule has 0 aromatic heterocycles. The van der Waals surface area contributed by atoms with Crippen LogP contribution in [-0.4, -0.2) is 43.2 Å². The molecule has 0 bridgehead atoms. The maximum absolute atomic E-state index is 11.8. The summed E-state index contributed by atoms with van der Waals surface area (Å²) >= 11 is 0. The van der Waals surface area contributed by atoms with E-state index in [0.29, 0.717) is 18.6 Å². The molecule has 1 rings (SSSR count). The SMILES string of the molecule is COC1CCC(N(C)C(=O)CC(C)N)CC1. The molecular formula is C12H24N2O2. The molecule has 0 heterocycles. The van der Waals surface area contributed by atoms with Crippen LogP contribution < -0.4 is 5.73 Å². The van der Waals surface area contributed by atoms with Gasteiger partial charge in [-0.15, -0.1) is 0 Å². The van der Waals surface area contributed by atoms with E-state index in [4.69, 9.17) is 10.5 Å². The monoisotopic (exact) mass is 228 g/mol. The summed E-state index contributed by atoms with van der Waals surface area (Å²) in [6.45, 7) is 1.87. The molecule has 0 aromatic carbocycles. The average Bonchev–Trinajstić information content (AvgIpc) is 2.27. The van der Waals surface area contributed by atoms with Gasteiger partial charge in [0, 0.05) is 32.7 Å². The van der Waals surface area contributed by atoms with E-state index in [1.807, 2.05) is 18.9 Å². The highest BCUT2D eigenvalue weighted by atomic mass is 16.5. The summed E-state index contributed by atoms with van der Waals surface area (Å²) in [6, 6.07) is 0.322. The second kappa shape index (κ2) is 6.21. The Morgan fingerprint density at radius 2 is 2.00 bits per heavy atom. The Labute approximate surface area is 98.1 Å². The fourth-order valence-corrected chi connectivity index (χ4v) is 2.29. The summed E-state index contributed by atoms with van der Waals surface area (Å²) in [5.74, 6) is 0.163. The Hall–Kier alpha value is -0.610. The van der Waals surface area contributed by atoms with Crippen molar-refractivity contribution in [2.45, 2.75) is 57.2 Å². The summed E-state index contributed by atoms with van der Waals surface area (Å²) in [4.78, 5) is 13.7. The highest BCUT2D eigenvalue weighted by molar-refractivity contribution is 5.76. The van der Waals surface area contributed by atoms with E-state index in [2.05, 4.69) is 0 Å². The van der Waals surface area contributed by atoms with Gasteiger partial charge in [0.15, 0.2) is 0 Å². The minimum atomic E-state index is -0.0507. The lowest BCUT2D eigenvalue weighted by Gasteiger charge is -2.34. The molecule has 0 aliphatic heterocycles. The summed E-state index contributed by atoms with van der Waals surface area (Å²) in [5, 5.41) is 0. The smallest absolute Gasteiger partial charge is 0.224 e. The van der Waals surface area contributed by atoms with Crippen LogP contribution in [0.15, 0.2) is 0 Å². The largest absolute Gasteiger partial charge is 0.381 e. The molecule has 1 amide bonds. The molecule has 1 fully saturated rings. The van der Waals surface area contributed by atoms with Crippen molar-refractivity contribution in [1.29, 1.82) is 0 Å². The van der Waals surface area contributed by atoms with Crippen LogP contribution >= 0.6 is 0 Å². The number of hydrogen-bond acceptors (Lipinski definition) is 3. The van der Waals surface area contributed by atoms with Crippen molar-refractivity contribution in [3.63, 3.8) is 0 Å². The van der Waals surface area contributed by atoms with E-state index < -0.39 is 0 Å². The number of ether oxygens (including phenoxy) is 1. The molecule has 4 nitrogen and oxygen atoms in total. The molecule has 0 spiro atoms. The van der Waals surface area contributed by atoms with Crippen LogP contribution in [0, 0.1) is 0 Å². The molecule has 1 saturated carbocycles. The van der Waals surface area contributed by atoms with Gasteiger partial charge in [0.1, 0.15) is 0 Å². The molecule has 1 aliphatic rings. The van der Waals surface area contributed by atoms with Crippen LogP contribution in [0.5, 0.6) is 0 Å². The molecule has 0 radical (unpaired) electrons. The quantitative estimate of drug-likeness (QED) is 0.785. The maximum atomic E-state index is 11.8. The Morgan fingerprint density at radius 1 is 1.44 bits per heavy atom. The Balaban J connectivity index is 2.37. The molecule has 4 heteroatoms. The summed E-state index contributed by atoms with van der Waals surface area (Å²) in [7, 11) is 3.65. The van der Waals surface area contributed by atoms with Gasteiger partial charge in [-0.3, -0.25) is 4.79 Å². The van der Waals surface area contributed by atoms with Crippen molar-refractivity contribution >= 4 is 5.91 Å². The number of methoxy groups -OCH3 is 1. The van der Waals surface area contributed by atoms with Crippen molar-refractivity contribution < 1.29 is 9.53 Å². The molecular weight excluding hydrogens is 204 g/mol. The number of rotatable bonds is 4.